The van der Waals surface area contributed by atoms with Crippen LogP contribution in [0.15, 0.2) is 57.8 Å². The Labute approximate surface area is 152 Å². The number of halogens is 3. The van der Waals surface area contributed by atoms with Crippen molar-refractivity contribution in [1.29, 1.82) is 0 Å². The number of nitrogens with two attached hydrogens (primary N) is 1. The molecule has 0 aliphatic rings. The zero-order valence-electron chi connectivity index (χ0n) is 13.8. The van der Waals surface area contributed by atoms with Gasteiger partial charge in [0.2, 0.25) is 10.0 Å². The number of hydrogen-bond acceptors (Lipinski definition) is 5. The number of nitrogens with zero attached hydrogens (tertiary/aromatic N) is 1. The molecule has 142 valence electrons. The van der Waals surface area contributed by atoms with Gasteiger partial charge in [-0.05, 0) is 36.4 Å². The molecule has 1 heterocycles. The van der Waals surface area contributed by atoms with E-state index in [2.05, 4.69) is 4.98 Å². The average Bonchev–Trinajstić information content (AvgIpc) is 3.07. The van der Waals surface area contributed by atoms with Crippen LogP contribution in [0, 0.1) is 0 Å². The fraction of sp³-hybridized carbons (Fsp3) is 0.118. The fourth-order valence-corrected chi connectivity index (χ4v) is 2.89. The van der Waals surface area contributed by atoms with Crippen molar-refractivity contribution >= 4 is 10.0 Å². The third-order valence-corrected chi connectivity index (χ3v) is 4.61. The van der Waals surface area contributed by atoms with Crippen molar-refractivity contribution in [2.45, 2.75) is 11.1 Å². The summed E-state index contributed by atoms with van der Waals surface area (Å²) in [6.07, 6.45) is -4.78. The second-order valence-corrected chi connectivity index (χ2v) is 7.05. The molecule has 0 aliphatic heterocycles. The van der Waals surface area contributed by atoms with E-state index >= 15 is 0 Å². The molecule has 0 bridgehead atoms. The fourth-order valence-electron chi connectivity index (χ4n) is 2.38. The second-order valence-electron chi connectivity index (χ2n) is 5.49. The summed E-state index contributed by atoms with van der Waals surface area (Å²) in [5, 5.41) is 5.03. The van der Waals surface area contributed by atoms with Crippen LogP contribution in [0.3, 0.4) is 0 Å². The van der Waals surface area contributed by atoms with Crippen LogP contribution in [-0.4, -0.2) is 20.5 Å². The highest BCUT2D eigenvalue weighted by molar-refractivity contribution is 7.89. The number of alkyl halides is 3. The standard InChI is InChI=1S/C17H13F3N2O4S/c1-25-12-6-2-11(3-7-12)15-14(22-16(26-15)17(18,19)20)10-4-8-13(9-5-10)27(21,23)24/h2-9H,1H3,(H2,21,23,24)/i1-1. The highest BCUT2D eigenvalue weighted by atomic mass is 32.2. The van der Waals surface area contributed by atoms with Crippen LogP contribution >= 0.6 is 0 Å². The van der Waals surface area contributed by atoms with Crippen molar-refractivity contribution in [3.63, 3.8) is 0 Å². The average molecular weight is 397 g/mol. The molecule has 2 aromatic carbocycles. The van der Waals surface area contributed by atoms with E-state index in [0.717, 1.165) is 0 Å². The van der Waals surface area contributed by atoms with Gasteiger partial charge in [-0.15, -0.1) is 0 Å². The molecule has 0 radical (unpaired) electrons. The molecular weight excluding hydrogens is 384 g/mol. The van der Waals surface area contributed by atoms with Crippen molar-refractivity contribution in [2.24, 2.45) is 5.14 Å². The summed E-state index contributed by atoms with van der Waals surface area (Å²) in [6, 6.07) is 11.2. The third-order valence-electron chi connectivity index (χ3n) is 3.68. The van der Waals surface area contributed by atoms with E-state index in [0.29, 0.717) is 11.3 Å². The van der Waals surface area contributed by atoms with Crippen LogP contribution in [0.4, 0.5) is 13.2 Å². The van der Waals surface area contributed by atoms with Crippen LogP contribution in [-0.2, 0) is 16.2 Å². The molecule has 2 N–H and O–H groups in total. The molecule has 1 aromatic heterocycles. The Bertz CT molecular complexity index is 1060. The van der Waals surface area contributed by atoms with Crippen LogP contribution in [0.2, 0.25) is 0 Å². The first kappa shape index (κ1) is 18.9. The van der Waals surface area contributed by atoms with Crippen molar-refractivity contribution in [1.82, 2.24) is 4.98 Å². The van der Waals surface area contributed by atoms with Crippen molar-refractivity contribution < 1.29 is 30.7 Å². The lowest BCUT2D eigenvalue weighted by molar-refractivity contribution is -0.156. The van der Waals surface area contributed by atoms with Gasteiger partial charge < -0.3 is 9.15 Å². The summed E-state index contributed by atoms with van der Waals surface area (Å²) in [6.45, 7) is 0. The second kappa shape index (κ2) is 6.71. The van der Waals surface area contributed by atoms with Gasteiger partial charge in [0, 0.05) is 11.1 Å². The molecule has 3 rings (SSSR count). The number of ether oxygens (including phenoxy) is 1. The summed E-state index contributed by atoms with van der Waals surface area (Å²) < 4.78 is 71.9. The number of primary sulfonamides is 1. The molecule has 10 heteroatoms. The molecule has 0 saturated heterocycles. The summed E-state index contributed by atoms with van der Waals surface area (Å²) >= 11 is 0. The topological polar surface area (TPSA) is 95.4 Å². The van der Waals surface area contributed by atoms with Crippen molar-refractivity contribution in [3.8, 4) is 28.3 Å². The normalized spacial score (nSPS) is 12.2. The van der Waals surface area contributed by atoms with Crippen LogP contribution < -0.4 is 9.88 Å². The van der Waals surface area contributed by atoms with Gasteiger partial charge in [-0.1, -0.05) is 12.1 Å². The number of benzene rings is 2. The first-order valence-corrected chi connectivity index (χ1v) is 9.00. The number of hydrogen-bond donors (Lipinski definition) is 1. The molecule has 0 amide bonds. The molecule has 3 aromatic rings. The maximum absolute atomic E-state index is 13.1. The number of sulfonamides is 1. The van der Waals surface area contributed by atoms with Crippen LogP contribution in [0.25, 0.3) is 22.6 Å². The van der Waals surface area contributed by atoms with E-state index in [1.165, 1.54) is 43.5 Å². The van der Waals surface area contributed by atoms with E-state index in [-0.39, 0.29) is 21.9 Å². The Morgan fingerprint density at radius 2 is 1.56 bits per heavy atom. The van der Waals surface area contributed by atoms with Gasteiger partial charge in [0.25, 0.3) is 0 Å². The van der Waals surface area contributed by atoms with Crippen LogP contribution in [0.1, 0.15) is 5.89 Å². The molecule has 0 atom stereocenters. The maximum atomic E-state index is 13.1. The lowest BCUT2D eigenvalue weighted by atomic mass is 10.1. The van der Waals surface area contributed by atoms with Gasteiger partial charge in [-0.2, -0.15) is 13.2 Å². The predicted molar refractivity (Wildman–Crippen MR) is 90.3 cm³/mol. The third kappa shape index (κ3) is 3.96. The van der Waals surface area contributed by atoms with Gasteiger partial charge in [-0.3, -0.25) is 0 Å². The molecule has 27 heavy (non-hydrogen) atoms. The van der Waals surface area contributed by atoms with Gasteiger partial charge in [0.15, 0.2) is 5.76 Å². The largest absolute Gasteiger partial charge is 0.497 e. The van der Waals surface area contributed by atoms with Gasteiger partial charge in [-0.25, -0.2) is 18.5 Å². The summed E-state index contributed by atoms with van der Waals surface area (Å²) in [4.78, 5) is 3.39. The summed E-state index contributed by atoms with van der Waals surface area (Å²) in [7, 11) is -2.47. The first-order chi connectivity index (χ1) is 12.6. The van der Waals surface area contributed by atoms with E-state index in [4.69, 9.17) is 14.3 Å². The molecule has 0 unspecified atom stereocenters. The van der Waals surface area contributed by atoms with E-state index < -0.39 is 22.1 Å². The predicted octanol–water partition coefficient (Wildman–Crippen LogP) is 3.68. The number of aromatic nitrogens is 1. The Morgan fingerprint density at radius 1 is 1.00 bits per heavy atom. The quantitative estimate of drug-likeness (QED) is 0.725. The zero-order chi connectivity index (χ0) is 19.8. The highest BCUT2D eigenvalue weighted by Gasteiger charge is 2.39. The molecule has 0 spiro atoms. The molecule has 0 saturated carbocycles. The Balaban J connectivity index is 2.14. The summed E-state index contributed by atoms with van der Waals surface area (Å²) in [5.41, 5.74) is 0.519. The minimum atomic E-state index is -4.78. The van der Waals surface area contributed by atoms with Gasteiger partial charge >= 0.3 is 12.1 Å². The van der Waals surface area contributed by atoms with E-state index in [1.807, 2.05) is 0 Å². The smallest absolute Gasteiger partial charge is 0.468 e. The minimum Gasteiger partial charge on any atom is -0.497 e. The minimum absolute atomic E-state index is 0.0755. The van der Waals surface area contributed by atoms with E-state index in [9.17, 15) is 21.6 Å². The molecule has 0 fully saturated rings. The van der Waals surface area contributed by atoms with Gasteiger partial charge in [0.1, 0.15) is 11.4 Å². The highest BCUT2D eigenvalue weighted by Crippen LogP contribution is 2.38. The summed E-state index contributed by atoms with van der Waals surface area (Å²) in [5.74, 6) is -0.986. The number of rotatable bonds is 4. The lowest BCUT2D eigenvalue weighted by Crippen LogP contribution is -2.11. The van der Waals surface area contributed by atoms with Crippen molar-refractivity contribution in [2.75, 3.05) is 7.11 Å². The van der Waals surface area contributed by atoms with Crippen molar-refractivity contribution in [3.05, 3.63) is 54.4 Å². The number of methoxy groups -OCH3 is 1. The number of oxazole rings is 1. The van der Waals surface area contributed by atoms with Gasteiger partial charge in [0.05, 0.1) is 12.0 Å². The van der Waals surface area contributed by atoms with Crippen LogP contribution in [0.5, 0.6) is 5.75 Å². The monoisotopic (exact) mass is 397 g/mol. The molecule has 0 aliphatic carbocycles. The molecular formula is C17H13F3N2O4S. The van der Waals surface area contributed by atoms with E-state index in [1.54, 1.807) is 12.1 Å². The Morgan fingerprint density at radius 3 is 2.04 bits per heavy atom. The Kier molecular flexibility index (Phi) is 4.70. The SMILES string of the molecule is [11CH3]Oc1ccc(-c2oc(C(F)(F)F)nc2-c2ccc(S(N)(=O)=O)cc2)cc1. The molecule has 6 nitrogen and oxygen atoms in total. The zero-order valence-corrected chi connectivity index (χ0v) is 14.6. The maximum Gasteiger partial charge on any atom is 0.468 e. The first-order valence-electron chi connectivity index (χ1n) is 7.45. The Hall–Kier alpha value is -2.85. The lowest BCUT2D eigenvalue weighted by Gasteiger charge is -2.04.